The summed E-state index contributed by atoms with van der Waals surface area (Å²) in [6.45, 7) is 0.316. The summed E-state index contributed by atoms with van der Waals surface area (Å²) in [4.78, 5) is 25.7. The highest BCUT2D eigenvalue weighted by Gasteiger charge is 2.36. The zero-order valence-corrected chi connectivity index (χ0v) is 14.9. The number of hydrogen-bond donors (Lipinski definition) is 1. The molecule has 0 bridgehead atoms. The van der Waals surface area contributed by atoms with E-state index in [1.54, 1.807) is 17.2 Å². The number of carboxylic acid groups (broad SMARTS) is 1. The second-order valence-electron chi connectivity index (χ2n) is 7.14. The van der Waals surface area contributed by atoms with E-state index in [4.69, 9.17) is 4.74 Å². The molecule has 10 heteroatoms. The maximum atomic E-state index is 13.5. The summed E-state index contributed by atoms with van der Waals surface area (Å²) in [7, 11) is 0. The van der Waals surface area contributed by atoms with E-state index in [0.717, 1.165) is 18.9 Å². The van der Waals surface area contributed by atoms with Gasteiger partial charge in [-0.25, -0.2) is 9.18 Å². The van der Waals surface area contributed by atoms with Crippen LogP contribution in [-0.4, -0.2) is 34.8 Å². The van der Waals surface area contributed by atoms with Crippen LogP contribution in [0.25, 0.3) is 0 Å². The smallest absolute Gasteiger partial charge is 0.416 e. The number of nitrogens with zero attached hydrogens (tertiary/aromatic N) is 2. The van der Waals surface area contributed by atoms with Gasteiger partial charge in [0.2, 0.25) is 0 Å². The number of ether oxygens (including phenoxy) is 1. The van der Waals surface area contributed by atoms with Gasteiger partial charge >= 0.3 is 12.1 Å². The molecule has 2 aromatic rings. The number of anilines is 1. The first kappa shape index (κ1) is 19.3. The van der Waals surface area contributed by atoms with Crippen LogP contribution in [0.4, 0.5) is 23.2 Å². The van der Waals surface area contributed by atoms with Gasteiger partial charge in [0, 0.05) is 18.3 Å². The first-order chi connectivity index (χ1) is 13.6. The van der Waals surface area contributed by atoms with E-state index in [1.807, 2.05) is 0 Å². The second kappa shape index (κ2) is 6.78. The molecule has 1 aliphatic heterocycles. The lowest BCUT2D eigenvalue weighted by Crippen LogP contribution is -2.55. The van der Waals surface area contributed by atoms with Crippen molar-refractivity contribution in [1.29, 1.82) is 0 Å². The van der Waals surface area contributed by atoms with E-state index >= 15 is 0 Å². The second-order valence-corrected chi connectivity index (χ2v) is 7.14. The van der Waals surface area contributed by atoms with Crippen molar-refractivity contribution in [3.8, 4) is 5.75 Å². The summed E-state index contributed by atoms with van der Waals surface area (Å²) in [6.07, 6.45) is -2.06. The lowest BCUT2D eigenvalue weighted by molar-refractivity contribution is -0.137. The van der Waals surface area contributed by atoms with Gasteiger partial charge in [-0.1, -0.05) is 0 Å². The van der Waals surface area contributed by atoms with Crippen molar-refractivity contribution < 1.29 is 32.2 Å². The summed E-state index contributed by atoms with van der Waals surface area (Å²) < 4.78 is 58.7. The van der Waals surface area contributed by atoms with Gasteiger partial charge < -0.3 is 19.3 Å². The molecule has 1 saturated heterocycles. The number of alkyl halides is 3. The van der Waals surface area contributed by atoms with Crippen LogP contribution in [0.5, 0.6) is 5.75 Å². The standard InChI is InChI=1S/C19H16F4N2O4/c20-11-5-10(19(21,22)23)6-13(7-11)29-14-8-24(9-14)15-3-4-25(12-1-2-12)17(26)16(15)18(27)28/h3-7,12,14H,1-2,8-9H2,(H,27,28). The SMILES string of the molecule is O=C(O)c1c(N2CC(Oc3cc(F)cc(C(F)(F)F)c3)C2)ccn(C2CC2)c1=O. The first-order valence-electron chi connectivity index (χ1n) is 8.91. The maximum Gasteiger partial charge on any atom is 0.416 e. The van der Waals surface area contributed by atoms with Crippen LogP contribution >= 0.6 is 0 Å². The summed E-state index contributed by atoms with van der Waals surface area (Å²) in [5.41, 5.74) is -1.85. The number of rotatable bonds is 5. The van der Waals surface area contributed by atoms with Crippen LogP contribution in [0.15, 0.2) is 35.3 Å². The summed E-state index contributed by atoms with van der Waals surface area (Å²) in [5, 5.41) is 9.46. The molecule has 0 unspecified atom stereocenters. The first-order valence-corrected chi connectivity index (χ1v) is 8.91. The summed E-state index contributed by atoms with van der Waals surface area (Å²) in [6, 6.07) is 3.53. The zero-order valence-electron chi connectivity index (χ0n) is 14.9. The number of aromatic nitrogens is 1. The molecule has 2 heterocycles. The van der Waals surface area contributed by atoms with E-state index in [2.05, 4.69) is 0 Å². The Bertz CT molecular complexity index is 1020. The lowest BCUT2D eigenvalue weighted by atomic mass is 10.1. The van der Waals surface area contributed by atoms with Crippen LogP contribution in [0, 0.1) is 5.82 Å². The van der Waals surface area contributed by atoms with Gasteiger partial charge in [-0.2, -0.15) is 13.2 Å². The van der Waals surface area contributed by atoms with Crippen LogP contribution < -0.4 is 15.2 Å². The molecule has 0 radical (unpaired) electrons. The Morgan fingerprint density at radius 3 is 2.45 bits per heavy atom. The lowest BCUT2D eigenvalue weighted by Gasteiger charge is -2.41. The van der Waals surface area contributed by atoms with Gasteiger partial charge in [0.1, 0.15) is 23.2 Å². The molecule has 154 valence electrons. The van der Waals surface area contributed by atoms with Crippen LogP contribution in [0.1, 0.15) is 34.8 Å². The van der Waals surface area contributed by atoms with Crippen molar-refractivity contribution in [3.05, 3.63) is 57.8 Å². The number of carboxylic acids is 1. The van der Waals surface area contributed by atoms with Gasteiger partial charge in [0.05, 0.1) is 24.3 Å². The van der Waals surface area contributed by atoms with Gasteiger partial charge in [-0.05, 0) is 31.0 Å². The van der Waals surface area contributed by atoms with Crippen molar-refractivity contribution in [2.24, 2.45) is 0 Å². The van der Waals surface area contributed by atoms with E-state index in [-0.39, 0.29) is 36.1 Å². The highest BCUT2D eigenvalue weighted by molar-refractivity contribution is 5.94. The fraction of sp³-hybridized carbons (Fsp3) is 0.368. The number of pyridine rings is 1. The Kier molecular flexibility index (Phi) is 4.51. The third-order valence-corrected chi connectivity index (χ3v) is 4.94. The predicted octanol–water partition coefficient (Wildman–Crippen LogP) is 3.31. The van der Waals surface area contributed by atoms with Gasteiger partial charge in [-0.15, -0.1) is 0 Å². The van der Waals surface area contributed by atoms with Crippen LogP contribution in [-0.2, 0) is 6.18 Å². The Morgan fingerprint density at radius 1 is 1.17 bits per heavy atom. The minimum atomic E-state index is -4.70. The molecular formula is C19H16F4N2O4. The molecule has 4 rings (SSSR count). The molecule has 29 heavy (non-hydrogen) atoms. The average Bonchev–Trinajstić information content (AvgIpc) is 3.40. The molecule has 6 nitrogen and oxygen atoms in total. The third kappa shape index (κ3) is 3.79. The number of hydrogen-bond acceptors (Lipinski definition) is 4. The quantitative estimate of drug-likeness (QED) is 0.763. The van der Waals surface area contributed by atoms with Crippen molar-refractivity contribution in [1.82, 2.24) is 4.57 Å². The molecule has 2 fully saturated rings. The monoisotopic (exact) mass is 412 g/mol. The Labute approximate surface area is 161 Å². The fourth-order valence-corrected chi connectivity index (χ4v) is 3.34. The highest BCUT2D eigenvalue weighted by Crippen LogP contribution is 2.35. The number of aromatic carboxylic acids is 1. The zero-order chi connectivity index (χ0) is 20.9. The Morgan fingerprint density at radius 2 is 1.86 bits per heavy atom. The molecule has 0 spiro atoms. The van der Waals surface area contributed by atoms with E-state index in [0.29, 0.717) is 12.1 Å². The van der Waals surface area contributed by atoms with Crippen molar-refractivity contribution in [2.75, 3.05) is 18.0 Å². The minimum absolute atomic E-state index is 0.0259. The summed E-state index contributed by atoms with van der Waals surface area (Å²) >= 11 is 0. The molecule has 1 aromatic carbocycles. The van der Waals surface area contributed by atoms with E-state index < -0.39 is 35.2 Å². The fourth-order valence-electron chi connectivity index (χ4n) is 3.34. The Balaban J connectivity index is 1.50. The third-order valence-electron chi connectivity index (χ3n) is 4.94. The van der Waals surface area contributed by atoms with E-state index in [9.17, 15) is 32.3 Å². The van der Waals surface area contributed by atoms with Crippen molar-refractivity contribution in [2.45, 2.75) is 31.2 Å². The molecule has 1 N–H and O–H groups in total. The molecule has 1 saturated carbocycles. The largest absolute Gasteiger partial charge is 0.487 e. The maximum absolute atomic E-state index is 13.5. The Hall–Kier alpha value is -3.04. The molecule has 0 atom stereocenters. The van der Waals surface area contributed by atoms with Gasteiger partial charge in [0.25, 0.3) is 5.56 Å². The van der Waals surface area contributed by atoms with Gasteiger partial charge in [-0.3, -0.25) is 4.79 Å². The van der Waals surface area contributed by atoms with Crippen molar-refractivity contribution >= 4 is 11.7 Å². The average molecular weight is 412 g/mol. The predicted molar refractivity (Wildman–Crippen MR) is 94.0 cm³/mol. The normalized spacial score (nSPS) is 17.2. The molecule has 1 aromatic heterocycles. The van der Waals surface area contributed by atoms with Crippen LogP contribution in [0.3, 0.4) is 0 Å². The molecule has 2 aliphatic rings. The van der Waals surface area contributed by atoms with E-state index in [1.165, 1.54) is 4.57 Å². The molecule has 0 amide bonds. The summed E-state index contributed by atoms with van der Waals surface area (Å²) in [5.74, 6) is -2.67. The van der Waals surface area contributed by atoms with Crippen LogP contribution in [0.2, 0.25) is 0 Å². The molecule has 1 aliphatic carbocycles. The number of carbonyl (C=O) groups is 1. The van der Waals surface area contributed by atoms with Gasteiger partial charge in [0.15, 0.2) is 0 Å². The highest BCUT2D eigenvalue weighted by atomic mass is 19.4. The molecular weight excluding hydrogens is 396 g/mol. The topological polar surface area (TPSA) is 71.8 Å². The number of halogens is 4. The number of benzene rings is 1. The minimum Gasteiger partial charge on any atom is -0.487 e. The van der Waals surface area contributed by atoms with Crippen molar-refractivity contribution in [3.63, 3.8) is 0 Å².